The lowest BCUT2D eigenvalue weighted by molar-refractivity contribution is -0.137. The van der Waals surface area contributed by atoms with Crippen LogP contribution in [0.3, 0.4) is 0 Å². The summed E-state index contributed by atoms with van der Waals surface area (Å²) in [5, 5.41) is 0.296. The number of alkyl halides is 3. The van der Waals surface area contributed by atoms with E-state index in [9.17, 15) is 18.0 Å². The van der Waals surface area contributed by atoms with E-state index in [2.05, 4.69) is 11.6 Å². The smallest absolute Gasteiger partial charge is 0.416 e. The Morgan fingerprint density at radius 2 is 2.08 bits per heavy atom. The van der Waals surface area contributed by atoms with Crippen molar-refractivity contribution in [3.63, 3.8) is 0 Å². The summed E-state index contributed by atoms with van der Waals surface area (Å²) in [6.45, 7) is 5.28. The summed E-state index contributed by atoms with van der Waals surface area (Å²) in [4.78, 5) is 16.1. The molecule has 0 unspecified atom stereocenters. The molecule has 2 aromatic rings. The molecule has 0 aliphatic heterocycles. The third-order valence-corrected chi connectivity index (χ3v) is 3.26. The van der Waals surface area contributed by atoms with Crippen molar-refractivity contribution < 1.29 is 17.9 Å². The van der Waals surface area contributed by atoms with Gasteiger partial charge in [0.25, 0.3) is 0 Å². The van der Waals surface area contributed by atoms with Gasteiger partial charge in [-0.1, -0.05) is 18.7 Å². The van der Waals surface area contributed by atoms with Crippen LogP contribution in [0.5, 0.6) is 5.88 Å². The van der Waals surface area contributed by atoms with E-state index < -0.39 is 17.4 Å². The SMILES string of the molecule is C=C/C=C(\C=C/C)n1c(=O)nc(OC)c2ccc(C(F)(F)F)cc21. The van der Waals surface area contributed by atoms with Gasteiger partial charge in [0.1, 0.15) is 0 Å². The first-order valence-electron chi connectivity index (χ1n) is 6.97. The zero-order valence-corrected chi connectivity index (χ0v) is 13.1. The molecule has 0 amide bonds. The van der Waals surface area contributed by atoms with Crippen LogP contribution in [0.25, 0.3) is 16.6 Å². The maximum absolute atomic E-state index is 13.0. The number of fused-ring (bicyclic) bond motifs is 1. The normalized spacial score (nSPS) is 12.8. The van der Waals surface area contributed by atoms with Gasteiger partial charge >= 0.3 is 11.9 Å². The topological polar surface area (TPSA) is 44.1 Å². The highest BCUT2D eigenvalue weighted by Gasteiger charge is 2.31. The largest absolute Gasteiger partial charge is 0.480 e. The molecule has 0 fully saturated rings. The Morgan fingerprint density at radius 1 is 1.38 bits per heavy atom. The van der Waals surface area contributed by atoms with Gasteiger partial charge in [0, 0.05) is 0 Å². The van der Waals surface area contributed by atoms with Gasteiger partial charge < -0.3 is 4.74 Å². The molecular weight excluding hydrogens is 321 g/mol. The summed E-state index contributed by atoms with van der Waals surface area (Å²) in [7, 11) is 1.30. The summed E-state index contributed by atoms with van der Waals surface area (Å²) >= 11 is 0. The van der Waals surface area contributed by atoms with Gasteiger partial charge in [-0.15, -0.1) is 0 Å². The molecule has 126 valence electrons. The second kappa shape index (κ2) is 6.74. The number of hydrogen-bond acceptors (Lipinski definition) is 3. The first kappa shape index (κ1) is 17.5. The lowest BCUT2D eigenvalue weighted by Crippen LogP contribution is -2.23. The van der Waals surface area contributed by atoms with Crippen LogP contribution in [0.1, 0.15) is 12.5 Å². The third kappa shape index (κ3) is 3.24. The van der Waals surface area contributed by atoms with Gasteiger partial charge in [-0.2, -0.15) is 18.2 Å². The van der Waals surface area contributed by atoms with E-state index in [0.29, 0.717) is 11.1 Å². The molecule has 1 heterocycles. The van der Waals surface area contributed by atoms with Crippen molar-refractivity contribution in [1.29, 1.82) is 0 Å². The van der Waals surface area contributed by atoms with Crippen molar-refractivity contribution in [3.8, 4) is 5.88 Å². The van der Waals surface area contributed by atoms with Crippen LogP contribution in [0.4, 0.5) is 13.2 Å². The second-order valence-electron chi connectivity index (χ2n) is 4.80. The standard InChI is InChI=1S/C17H15F3N2O2/c1-4-6-12(7-5-2)22-14-10-11(17(18,19)20)8-9-13(14)15(24-3)21-16(22)23/h4-10H,1H2,2-3H3/b7-5-,12-6+. The summed E-state index contributed by atoms with van der Waals surface area (Å²) < 4.78 is 45.3. The fourth-order valence-electron chi connectivity index (χ4n) is 2.28. The molecule has 0 aliphatic rings. The van der Waals surface area contributed by atoms with Crippen LogP contribution in [-0.4, -0.2) is 16.7 Å². The first-order valence-corrected chi connectivity index (χ1v) is 6.97. The van der Waals surface area contributed by atoms with Crippen molar-refractivity contribution in [1.82, 2.24) is 9.55 Å². The van der Waals surface area contributed by atoms with Crippen LogP contribution in [-0.2, 0) is 6.18 Å². The number of allylic oxidation sites excluding steroid dienone is 5. The van der Waals surface area contributed by atoms with Crippen molar-refractivity contribution in [2.75, 3.05) is 7.11 Å². The number of aromatic nitrogens is 2. The number of methoxy groups -OCH3 is 1. The fourth-order valence-corrected chi connectivity index (χ4v) is 2.28. The molecule has 0 saturated carbocycles. The number of nitrogens with zero attached hydrogens (tertiary/aromatic N) is 2. The zero-order chi connectivity index (χ0) is 17.9. The Bertz CT molecular complexity index is 893. The van der Waals surface area contributed by atoms with E-state index >= 15 is 0 Å². The summed E-state index contributed by atoms with van der Waals surface area (Å²) in [5.74, 6) is -0.0293. The van der Waals surface area contributed by atoms with E-state index in [0.717, 1.165) is 16.7 Å². The van der Waals surface area contributed by atoms with Crippen molar-refractivity contribution >= 4 is 16.6 Å². The van der Waals surface area contributed by atoms with Crippen LogP contribution >= 0.6 is 0 Å². The monoisotopic (exact) mass is 336 g/mol. The Labute approximate surface area is 136 Å². The highest BCUT2D eigenvalue weighted by atomic mass is 19.4. The molecule has 24 heavy (non-hydrogen) atoms. The summed E-state index contributed by atoms with van der Waals surface area (Å²) in [6.07, 6.45) is 1.65. The minimum atomic E-state index is -4.53. The minimum absolute atomic E-state index is 0.0293. The molecule has 0 saturated heterocycles. The third-order valence-electron chi connectivity index (χ3n) is 3.26. The molecule has 1 aromatic carbocycles. The molecular formula is C17H15F3N2O2. The van der Waals surface area contributed by atoms with Gasteiger partial charge in [-0.3, -0.25) is 4.57 Å². The van der Waals surface area contributed by atoms with Gasteiger partial charge in [-0.25, -0.2) is 4.79 Å². The van der Waals surface area contributed by atoms with Crippen LogP contribution in [0.2, 0.25) is 0 Å². The van der Waals surface area contributed by atoms with Gasteiger partial charge in [0.15, 0.2) is 0 Å². The van der Waals surface area contributed by atoms with Crippen molar-refractivity contribution in [3.05, 3.63) is 65.1 Å². The highest BCUT2D eigenvalue weighted by molar-refractivity contribution is 5.87. The Hall–Kier alpha value is -2.83. The molecule has 0 aliphatic carbocycles. The molecule has 7 heteroatoms. The average molecular weight is 336 g/mol. The van der Waals surface area contributed by atoms with E-state index in [4.69, 9.17) is 4.74 Å². The maximum Gasteiger partial charge on any atom is 0.416 e. The molecule has 0 atom stereocenters. The minimum Gasteiger partial charge on any atom is -0.480 e. The summed E-state index contributed by atoms with van der Waals surface area (Å²) in [6, 6.07) is 3.07. The van der Waals surface area contributed by atoms with Crippen molar-refractivity contribution in [2.45, 2.75) is 13.1 Å². The average Bonchev–Trinajstić information content (AvgIpc) is 2.52. The van der Waals surface area contributed by atoms with E-state index in [1.165, 1.54) is 25.3 Å². The van der Waals surface area contributed by atoms with E-state index in [1.54, 1.807) is 19.1 Å². The van der Waals surface area contributed by atoms with Crippen LogP contribution in [0, 0.1) is 0 Å². The summed E-state index contributed by atoms with van der Waals surface area (Å²) in [5.41, 5.74) is -1.22. The quantitative estimate of drug-likeness (QED) is 0.792. The van der Waals surface area contributed by atoms with Crippen molar-refractivity contribution in [2.24, 2.45) is 0 Å². The van der Waals surface area contributed by atoms with E-state index in [-0.39, 0.29) is 11.4 Å². The molecule has 0 bridgehead atoms. The fraction of sp³-hybridized carbons (Fsp3) is 0.176. The lowest BCUT2D eigenvalue weighted by atomic mass is 10.1. The van der Waals surface area contributed by atoms with Crippen LogP contribution in [0.15, 0.2) is 53.9 Å². The second-order valence-corrected chi connectivity index (χ2v) is 4.80. The zero-order valence-electron chi connectivity index (χ0n) is 13.1. The Morgan fingerprint density at radius 3 is 2.62 bits per heavy atom. The number of rotatable bonds is 4. The first-order chi connectivity index (χ1) is 11.3. The Balaban J connectivity index is 2.97. The number of halogens is 3. The Kier molecular flexibility index (Phi) is 4.92. The molecule has 4 nitrogen and oxygen atoms in total. The number of ether oxygens (including phenoxy) is 1. The predicted octanol–water partition coefficient (Wildman–Crippen LogP) is 4.03. The van der Waals surface area contributed by atoms with Crippen LogP contribution < -0.4 is 10.4 Å². The molecule has 1 aromatic heterocycles. The molecule has 0 radical (unpaired) electrons. The maximum atomic E-state index is 13.0. The molecule has 2 rings (SSSR count). The molecule has 0 spiro atoms. The predicted molar refractivity (Wildman–Crippen MR) is 86.8 cm³/mol. The van der Waals surface area contributed by atoms with Gasteiger partial charge in [0.05, 0.1) is 29.3 Å². The van der Waals surface area contributed by atoms with Gasteiger partial charge in [-0.05, 0) is 37.3 Å². The van der Waals surface area contributed by atoms with Gasteiger partial charge in [0.2, 0.25) is 5.88 Å². The number of benzene rings is 1. The van der Waals surface area contributed by atoms with E-state index in [1.807, 2.05) is 0 Å². The lowest BCUT2D eigenvalue weighted by Gasteiger charge is -2.14. The highest BCUT2D eigenvalue weighted by Crippen LogP contribution is 2.33. The number of hydrogen-bond donors (Lipinski definition) is 0. The molecule has 0 N–H and O–H groups in total.